The van der Waals surface area contributed by atoms with E-state index in [0.29, 0.717) is 33.0 Å². The highest BCUT2D eigenvalue weighted by Gasteiger charge is 2.24. The van der Waals surface area contributed by atoms with E-state index in [9.17, 15) is 4.57 Å². The van der Waals surface area contributed by atoms with Crippen LogP contribution in [0, 0.1) is 0 Å². The molecule has 7 heteroatoms. The van der Waals surface area contributed by atoms with Crippen molar-refractivity contribution in [2.75, 3.05) is 59.3 Å². The third kappa shape index (κ3) is 36.9. The van der Waals surface area contributed by atoms with Crippen molar-refractivity contribution in [1.82, 2.24) is 4.90 Å². The maximum Gasteiger partial charge on any atom is 0.328 e. The molecular weight excluding hydrogens is 677 g/mol. The standard InChI is InChI=1S/C46H90NO5P/c1-4-6-8-10-12-14-16-18-20-22-24-26-28-30-32-36-41-49-44-46(52-53(3,48)51-43-40-47-38-34-35-39-47)45-50-42-37-33-31-29-27-25-23-21-19-17-15-13-11-9-7-5-2/h18-21,46H,4-17,22-45H2,1-3H3. The average molecular weight is 768 g/mol. The molecule has 0 amide bonds. The van der Waals surface area contributed by atoms with Gasteiger partial charge in [-0.15, -0.1) is 0 Å². The molecule has 1 rings (SSSR count). The van der Waals surface area contributed by atoms with Crippen molar-refractivity contribution in [2.24, 2.45) is 0 Å². The fourth-order valence-corrected chi connectivity index (χ4v) is 8.22. The highest BCUT2D eigenvalue weighted by molar-refractivity contribution is 7.53. The number of likely N-dealkylation sites (tertiary alicyclic amines) is 1. The second kappa shape index (κ2) is 39.7. The van der Waals surface area contributed by atoms with Crippen LogP contribution in [0.2, 0.25) is 0 Å². The number of unbranched alkanes of at least 4 members (excludes halogenated alkanes) is 24. The zero-order valence-electron chi connectivity index (χ0n) is 35.7. The van der Waals surface area contributed by atoms with E-state index in [-0.39, 0.29) is 6.10 Å². The minimum Gasteiger partial charge on any atom is -0.379 e. The summed E-state index contributed by atoms with van der Waals surface area (Å²) < 4.78 is 37.1. The van der Waals surface area contributed by atoms with Gasteiger partial charge in [-0.1, -0.05) is 154 Å². The number of ether oxygens (including phenoxy) is 2. The van der Waals surface area contributed by atoms with Gasteiger partial charge in [0, 0.05) is 26.4 Å². The van der Waals surface area contributed by atoms with Crippen molar-refractivity contribution in [3.63, 3.8) is 0 Å². The smallest absolute Gasteiger partial charge is 0.328 e. The third-order valence-electron chi connectivity index (χ3n) is 10.5. The van der Waals surface area contributed by atoms with Crippen LogP contribution in [0.25, 0.3) is 0 Å². The minimum atomic E-state index is -3.19. The third-order valence-corrected chi connectivity index (χ3v) is 11.8. The van der Waals surface area contributed by atoms with Gasteiger partial charge in [0.1, 0.15) is 6.10 Å². The van der Waals surface area contributed by atoms with Crippen LogP contribution in [-0.2, 0) is 23.1 Å². The second-order valence-corrected chi connectivity index (χ2v) is 17.9. The molecule has 0 saturated carbocycles. The summed E-state index contributed by atoms with van der Waals surface area (Å²) in [6.07, 6.45) is 48.1. The lowest BCUT2D eigenvalue weighted by molar-refractivity contribution is -0.0143. The first-order valence-corrected chi connectivity index (χ1v) is 25.1. The Balaban J connectivity index is 2.14. The topological polar surface area (TPSA) is 57.2 Å². The summed E-state index contributed by atoms with van der Waals surface area (Å²) in [5.74, 6) is 0. The Morgan fingerprint density at radius 1 is 0.509 bits per heavy atom. The van der Waals surface area contributed by atoms with Crippen LogP contribution in [0.4, 0.5) is 0 Å². The van der Waals surface area contributed by atoms with Gasteiger partial charge in [-0.05, 0) is 90.1 Å². The van der Waals surface area contributed by atoms with E-state index in [1.54, 1.807) is 6.66 Å². The molecule has 1 aliphatic heterocycles. The molecule has 0 aromatic rings. The van der Waals surface area contributed by atoms with E-state index in [0.717, 1.165) is 32.5 Å². The molecule has 0 bridgehead atoms. The number of hydrogen-bond donors (Lipinski definition) is 0. The number of nitrogens with zero attached hydrogens (tertiary/aromatic N) is 1. The number of rotatable bonds is 42. The molecule has 1 heterocycles. The highest BCUT2D eigenvalue weighted by Crippen LogP contribution is 2.45. The largest absolute Gasteiger partial charge is 0.379 e. The molecule has 314 valence electrons. The Kier molecular flexibility index (Phi) is 37.9. The first kappa shape index (κ1) is 50.5. The molecule has 6 nitrogen and oxygen atoms in total. The Morgan fingerprint density at radius 3 is 1.26 bits per heavy atom. The van der Waals surface area contributed by atoms with Crippen LogP contribution in [0.15, 0.2) is 24.3 Å². The summed E-state index contributed by atoms with van der Waals surface area (Å²) in [5, 5.41) is 0. The normalized spacial score (nSPS) is 15.7. The summed E-state index contributed by atoms with van der Waals surface area (Å²) in [5.41, 5.74) is 0. The van der Waals surface area contributed by atoms with Gasteiger partial charge in [0.2, 0.25) is 0 Å². The van der Waals surface area contributed by atoms with E-state index >= 15 is 0 Å². The Morgan fingerprint density at radius 2 is 0.868 bits per heavy atom. The van der Waals surface area contributed by atoms with Crippen LogP contribution < -0.4 is 0 Å². The van der Waals surface area contributed by atoms with Crippen molar-refractivity contribution < 1.29 is 23.1 Å². The van der Waals surface area contributed by atoms with Crippen LogP contribution in [0.1, 0.15) is 206 Å². The molecule has 0 radical (unpaired) electrons. The fourth-order valence-electron chi connectivity index (χ4n) is 7.09. The molecule has 1 aliphatic rings. The molecule has 0 aromatic carbocycles. The predicted molar refractivity (Wildman–Crippen MR) is 231 cm³/mol. The zero-order valence-corrected chi connectivity index (χ0v) is 36.6. The molecule has 0 aliphatic carbocycles. The first-order chi connectivity index (χ1) is 26.1. The zero-order chi connectivity index (χ0) is 38.2. The van der Waals surface area contributed by atoms with Crippen LogP contribution >= 0.6 is 7.60 Å². The molecule has 0 N–H and O–H groups in total. The van der Waals surface area contributed by atoms with E-state index in [1.165, 1.54) is 180 Å². The lowest BCUT2D eigenvalue weighted by Crippen LogP contribution is -2.27. The van der Waals surface area contributed by atoms with Crippen LogP contribution in [-0.4, -0.2) is 70.3 Å². The Bertz CT molecular complexity index is 800. The SMILES string of the molecule is CCCCCCCCC=CCCCCCCCCOCC(COCCCCCCCCC=CCCCCCCCC)OP(C)(=O)OCCN1CCCC1. The lowest BCUT2D eigenvalue weighted by Gasteiger charge is -2.23. The van der Waals surface area contributed by atoms with E-state index in [2.05, 4.69) is 43.1 Å². The van der Waals surface area contributed by atoms with Crippen molar-refractivity contribution in [1.29, 1.82) is 0 Å². The molecule has 53 heavy (non-hydrogen) atoms. The predicted octanol–water partition coefficient (Wildman–Crippen LogP) is 14.4. The van der Waals surface area contributed by atoms with E-state index < -0.39 is 7.60 Å². The highest BCUT2D eigenvalue weighted by atomic mass is 31.2. The summed E-state index contributed by atoms with van der Waals surface area (Å²) in [4.78, 5) is 2.37. The molecule has 1 fully saturated rings. The van der Waals surface area contributed by atoms with Gasteiger partial charge < -0.3 is 23.4 Å². The quantitative estimate of drug-likeness (QED) is 0.0350. The summed E-state index contributed by atoms with van der Waals surface area (Å²) in [6.45, 7) is 11.8. The molecule has 1 unspecified atom stereocenters. The van der Waals surface area contributed by atoms with Gasteiger partial charge in [0.25, 0.3) is 0 Å². The van der Waals surface area contributed by atoms with Gasteiger partial charge in [-0.2, -0.15) is 0 Å². The number of allylic oxidation sites excluding steroid dienone is 4. The molecular formula is C46H90NO5P. The Labute approximate surface area is 330 Å². The fraction of sp³-hybridized carbons (Fsp3) is 0.913. The van der Waals surface area contributed by atoms with Crippen molar-refractivity contribution in [2.45, 2.75) is 213 Å². The number of hydrogen-bond acceptors (Lipinski definition) is 6. The van der Waals surface area contributed by atoms with Crippen molar-refractivity contribution >= 4 is 7.60 Å². The van der Waals surface area contributed by atoms with E-state index in [4.69, 9.17) is 18.5 Å². The maximum absolute atomic E-state index is 13.2. The molecule has 1 atom stereocenters. The van der Waals surface area contributed by atoms with Crippen molar-refractivity contribution in [3.8, 4) is 0 Å². The summed E-state index contributed by atoms with van der Waals surface area (Å²) >= 11 is 0. The molecule has 0 aromatic heterocycles. The summed E-state index contributed by atoms with van der Waals surface area (Å²) in [7, 11) is -3.19. The van der Waals surface area contributed by atoms with Gasteiger partial charge in [-0.3, -0.25) is 4.57 Å². The van der Waals surface area contributed by atoms with Gasteiger partial charge >= 0.3 is 7.60 Å². The van der Waals surface area contributed by atoms with Gasteiger partial charge in [0.05, 0.1) is 19.8 Å². The minimum absolute atomic E-state index is 0.374. The van der Waals surface area contributed by atoms with Crippen LogP contribution in [0.3, 0.4) is 0 Å². The maximum atomic E-state index is 13.2. The average Bonchev–Trinajstić information content (AvgIpc) is 3.67. The lowest BCUT2D eigenvalue weighted by atomic mass is 10.1. The Hall–Kier alpha value is -0.490. The summed E-state index contributed by atoms with van der Waals surface area (Å²) in [6, 6.07) is 0. The first-order valence-electron chi connectivity index (χ1n) is 23.2. The monoisotopic (exact) mass is 768 g/mol. The second-order valence-electron chi connectivity index (χ2n) is 15.9. The molecule has 0 spiro atoms. The van der Waals surface area contributed by atoms with E-state index in [1.807, 2.05) is 0 Å². The van der Waals surface area contributed by atoms with Crippen molar-refractivity contribution in [3.05, 3.63) is 24.3 Å². The van der Waals surface area contributed by atoms with Crippen LogP contribution in [0.5, 0.6) is 0 Å². The van der Waals surface area contributed by atoms with Gasteiger partial charge in [0.15, 0.2) is 0 Å². The molecule has 1 saturated heterocycles. The van der Waals surface area contributed by atoms with Gasteiger partial charge in [-0.25, -0.2) is 0 Å².